The first kappa shape index (κ1) is 29.7. The molecule has 0 radical (unpaired) electrons. The molecule has 2 N–H and O–H groups in total. The lowest BCUT2D eigenvalue weighted by molar-refractivity contribution is -0.167. The number of ketones is 2. The number of nitrogens with one attached hydrogen (secondary N) is 2. The number of benzene rings is 1. The minimum atomic E-state index is -5.12. The van der Waals surface area contributed by atoms with E-state index < -0.39 is 47.5 Å². The van der Waals surface area contributed by atoms with E-state index in [9.17, 15) is 37.1 Å². The molecule has 0 aliphatic heterocycles. The maximum atomic E-state index is 12.9. The van der Waals surface area contributed by atoms with E-state index in [2.05, 4.69) is 11.9 Å². The van der Waals surface area contributed by atoms with Crippen LogP contribution in [-0.2, 0) is 36.8 Å². The van der Waals surface area contributed by atoms with E-state index in [-0.39, 0.29) is 43.0 Å². The molecule has 2 rings (SSSR count). The van der Waals surface area contributed by atoms with E-state index in [0.29, 0.717) is 24.0 Å². The minimum Gasteiger partial charge on any atom is -0.461 e. The van der Waals surface area contributed by atoms with Gasteiger partial charge in [0.2, 0.25) is 5.91 Å². The summed E-state index contributed by atoms with van der Waals surface area (Å²) >= 11 is 0. The Bertz CT molecular complexity index is 1080. The lowest BCUT2D eigenvalue weighted by Gasteiger charge is -2.24. The number of alkyl halides is 3. The third kappa shape index (κ3) is 7.99. The van der Waals surface area contributed by atoms with Gasteiger partial charge in [0.25, 0.3) is 0 Å². The average Bonchev–Trinajstić information content (AvgIpc) is 2.81. The molecule has 11 heteroatoms. The van der Waals surface area contributed by atoms with Gasteiger partial charge in [-0.05, 0) is 42.9 Å². The van der Waals surface area contributed by atoms with E-state index in [1.807, 2.05) is 0 Å². The largest absolute Gasteiger partial charge is 0.471 e. The van der Waals surface area contributed by atoms with Crippen LogP contribution in [0.15, 0.2) is 24.8 Å². The summed E-state index contributed by atoms with van der Waals surface area (Å²) < 4.78 is 43.1. The van der Waals surface area contributed by atoms with E-state index in [4.69, 9.17) is 4.74 Å². The molecule has 0 heterocycles. The number of carbonyl (C=O) groups excluding carboxylic acids is 5. The van der Waals surface area contributed by atoms with Gasteiger partial charge in [-0.3, -0.25) is 24.0 Å². The van der Waals surface area contributed by atoms with Crippen LogP contribution in [-0.4, -0.2) is 48.2 Å². The summed E-state index contributed by atoms with van der Waals surface area (Å²) in [6, 6.07) is 1.65. The van der Waals surface area contributed by atoms with Crippen molar-refractivity contribution in [2.45, 2.75) is 65.1 Å². The van der Waals surface area contributed by atoms with Gasteiger partial charge in [0.15, 0.2) is 11.6 Å². The Labute approximate surface area is 213 Å². The molecule has 0 bridgehead atoms. The molecule has 1 aliphatic rings. The third-order valence-corrected chi connectivity index (χ3v) is 6.12. The van der Waals surface area contributed by atoms with Gasteiger partial charge in [-0.15, -0.1) is 0 Å². The van der Waals surface area contributed by atoms with Crippen molar-refractivity contribution >= 4 is 35.0 Å². The zero-order valence-corrected chi connectivity index (χ0v) is 21.0. The second-order valence-electron chi connectivity index (χ2n) is 9.25. The Morgan fingerprint density at radius 1 is 1.14 bits per heavy atom. The van der Waals surface area contributed by atoms with Crippen molar-refractivity contribution in [1.29, 1.82) is 0 Å². The fourth-order valence-corrected chi connectivity index (χ4v) is 4.07. The van der Waals surface area contributed by atoms with E-state index in [0.717, 1.165) is 0 Å². The van der Waals surface area contributed by atoms with Crippen LogP contribution in [0.2, 0.25) is 0 Å². The molecule has 37 heavy (non-hydrogen) atoms. The summed E-state index contributed by atoms with van der Waals surface area (Å²) in [5, 5.41) is 4.37. The molecule has 1 aliphatic carbocycles. The maximum absolute atomic E-state index is 12.9. The van der Waals surface area contributed by atoms with Gasteiger partial charge in [0.1, 0.15) is 6.61 Å². The normalized spacial score (nSPS) is 14.8. The highest BCUT2D eigenvalue weighted by atomic mass is 19.4. The number of esters is 1. The first-order chi connectivity index (χ1) is 17.3. The third-order valence-electron chi connectivity index (χ3n) is 6.12. The minimum absolute atomic E-state index is 0.0195. The van der Waals surface area contributed by atoms with E-state index in [1.165, 1.54) is 25.1 Å². The number of fused-ring (bicyclic) bond motifs is 1. The summed E-state index contributed by atoms with van der Waals surface area (Å²) in [5.74, 6) is -5.00. The summed E-state index contributed by atoms with van der Waals surface area (Å²) in [6.45, 7) is 8.49. The Hall–Kier alpha value is -3.50. The van der Waals surface area contributed by atoms with Gasteiger partial charge in [-0.2, -0.15) is 13.2 Å². The number of Topliss-reactive ketones (excluding diaryl/α,β-unsaturated/α-hetero) is 2. The Morgan fingerprint density at radius 2 is 1.81 bits per heavy atom. The van der Waals surface area contributed by atoms with Gasteiger partial charge in [-0.25, -0.2) is 0 Å². The standard InChI is InChI=1S/C26H31F3N2O6/c1-5-11-37-22(34)13-18(14(2)3)24(35)30-15(4)21(33)12-16-9-10-19(31-25(36)26(27,28)29)23-17(16)7-6-8-20(23)32/h5,9-10,14-15,18H,1,6-8,11-13H2,2-4H3,(H,30,35)(H,31,36)/t15-,18-/m0/s1. The molecule has 1 aromatic rings. The number of hydrogen-bond acceptors (Lipinski definition) is 6. The van der Waals surface area contributed by atoms with Crippen molar-refractivity contribution in [1.82, 2.24) is 5.32 Å². The van der Waals surface area contributed by atoms with Crippen molar-refractivity contribution in [3.8, 4) is 0 Å². The van der Waals surface area contributed by atoms with Crippen LogP contribution in [0.3, 0.4) is 0 Å². The lowest BCUT2D eigenvalue weighted by atomic mass is 9.84. The van der Waals surface area contributed by atoms with E-state index in [1.54, 1.807) is 19.2 Å². The Morgan fingerprint density at radius 3 is 2.41 bits per heavy atom. The molecule has 0 saturated heterocycles. The lowest BCUT2D eigenvalue weighted by Crippen LogP contribution is -2.44. The van der Waals surface area contributed by atoms with Gasteiger partial charge < -0.3 is 15.4 Å². The van der Waals surface area contributed by atoms with Crippen molar-refractivity contribution in [2.75, 3.05) is 11.9 Å². The quantitative estimate of drug-likeness (QED) is 0.337. The zero-order chi connectivity index (χ0) is 27.9. The summed E-state index contributed by atoms with van der Waals surface area (Å²) in [5.41, 5.74) is 0.576. The number of hydrogen-bond donors (Lipinski definition) is 2. The monoisotopic (exact) mass is 524 g/mol. The van der Waals surface area contributed by atoms with Crippen LogP contribution in [0.4, 0.5) is 18.9 Å². The molecule has 0 fully saturated rings. The molecule has 0 saturated carbocycles. The van der Waals surface area contributed by atoms with Crippen LogP contribution in [0.25, 0.3) is 0 Å². The fourth-order valence-electron chi connectivity index (χ4n) is 4.07. The van der Waals surface area contributed by atoms with E-state index >= 15 is 0 Å². The smallest absolute Gasteiger partial charge is 0.461 e. The summed E-state index contributed by atoms with van der Waals surface area (Å²) in [6.07, 6.45) is -3.15. The predicted molar refractivity (Wildman–Crippen MR) is 129 cm³/mol. The van der Waals surface area contributed by atoms with Gasteiger partial charge in [0, 0.05) is 18.4 Å². The van der Waals surface area contributed by atoms with Crippen LogP contribution in [0.5, 0.6) is 0 Å². The van der Waals surface area contributed by atoms with Crippen molar-refractivity contribution in [2.24, 2.45) is 11.8 Å². The molecule has 0 spiro atoms. The molecular weight excluding hydrogens is 493 g/mol. The summed E-state index contributed by atoms with van der Waals surface area (Å²) in [4.78, 5) is 61.7. The molecule has 0 unspecified atom stereocenters. The van der Waals surface area contributed by atoms with Gasteiger partial charge in [-0.1, -0.05) is 32.6 Å². The molecule has 2 atom stereocenters. The highest BCUT2D eigenvalue weighted by Gasteiger charge is 2.39. The molecule has 202 valence electrons. The van der Waals surface area contributed by atoms with Crippen molar-refractivity contribution in [3.05, 3.63) is 41.5 Å². The second-order valence-corrected chi connectivity index (χ2v) is 9.25. The highest BCUT2D eigenvalue weighted by molar-refractivity contribution is 6.08. The second kappa shape index (κ2) is 12.6. The number of anilines is 1. The van der Waals surface area contributed by atoms with Crippen molar-refractivity contribution < 1.29 is 41.9 Å². The number of rotatable bonds is 11. The fraction of sp³-hybridized carbons (Fsp3) is 0.500. The number of ether oxygens (including phenoxy) is 1. The van der Waals surface area contributed by atoms with Crippen LogP contribution < -0.4 is 10.6 Å². The molecule has 8 nitrogen and oxygen atoms in total. The first-order valence-electron chi connectivity index (χ1n) is 11.9. The molecule has 0 aromatic heterocycles. The van der Waals surface area contributed by atoms with Gasteiger partial charge in [0.05, 0.1) is 24.1 Å². The number of amides is 2. The topological polar surface area (TPSA) is 119 Å². The molecular formula is C26H31F3N2O6. The maximum Gasteiger partial charge on any atom is 0.471 e. The van der Waals surface area contributed by atoms with Crippen LogP contribution in [0, 0.1) is 11.8 Å². The molecule has 1 aromatic carbocycles. The zero-order valence-electron chi connectivity index (χ0n) is 21.0. The first-order valence-corrected chi connectivity index (χ1v) is 11.9. The number of halogens is 3. The van der Waals surface area contributed by atoms with Gasteiger partial charge >= 0.3 is 18.1 Å². The average molecular weight is 525 g/mol. The molecule has 2 amide bonds. The summed E-state index contributed by atoms with van der Waals surface area (Å²) in [7, 11) is 0. The SMILES string of the molecule is C=CCOC(=O)C[C@H](C(=O)N[C@@H](C)C(=O)Cc1ccc(NC(=O)C(F)(F)F)c2c1CCCC2=O)C(C)C. The van der Waals surface area contributed by atoms with Crippen LogP contribution in [0.1, 0.15) is 61.5 Å². The number of carbonyl (C=O) groups is 5. The predicted octanol–water partition coefficient (Wildman–Crippen LogP) is 3.71. The van der Waals surface area contributed by atoms with Crippen LogP contribution >= 0.6 is 0 Å². The Kier molecular flexibility index (Phi) is 10.2. The Balaban J connectivity index is 2.17. The van der Waals surface area contributed by atoms with Crippen molar-refractivity contribution in [3.63, 3.8) is 0 Å². The highest BCUT2D eigenvalue weighted by Crippen LogP contribution is 2.32.